The van der Waals surface area contributed by atoms with Crippen LogP contribution in [-0.2, 0) is 29.0 Å². The number of carbonyl (C=O) groups excluding carboxylic acids is 1. The molecule has 0 aliphatic heterocycles. The molecule has 3 aromatic rings. The third-order valence-corrected chi connectivity index (χ3v) is 4.85. The van der Waals surface area contributed by atoms with Crippen LogP contribution in [0.5, 0.6) is 5.75 Å². The SMILES string of the molecule is CCc1nn2c(=O)cc(COC(=O)CCc3ccc(OC)cc3)nc2s1. The summed E-state index contributed by atoms with van der Waals surface area (Å²) in [5, 5.41) is 5.02. The van der Waals surface area contributed by atoms with Crippen LogP contribution < -0.4 is 10.3 Å². The number of esters is 1. The third kappa shape index (κ3) is 4.26. The second kappa shape index (κ2) is 8.09. The van der Waals surface area contributed by atoms with Crippen LogP contribution in [0, 0.1) is 0 Å². The lowest BCUT2D eigenvalue weighted by Gasteiger charge is -2.05. The molecule has 7 nitrogen and oxygen atoms in total. The van der Waals surface area contributed by atoms with E-state index in [1.165, 1.54) is 21.9 Å². The molecule has 0 bridgehead atoms. The summed E-state index contributed by atoms with van der Waals surface area (Å²) >= 11 is 1.36. The number of aromatic nitrogens is 3. The molecule has 2 aromatic heterocycles. The van der Waals surface area contributed by atoms with E-state index in [0.717, 1.165) is 22.7 Å². The normalized spacial score (nSPS) is 10.8. The largest absolute Gasteiger partial charge is 0.497 e. The number of rotatable bonds is 7. The van der Waals surface area contributed by atoms with E-state index in [0.29, 0.717) is 17.1 Å². The molecule has 0 spiro atoms. The molecule has 1 aromatic carbocycles. The minimum Gasteiger partial charge on any atom is -0.497 e. The van der Waals surface area contributed by atoms with Gasteiger partial charge >= 0.3 is 5.97 Å². The number of nitrogens with zero attached hydrogens (tertiary/aromatic N) is 3. The molecule has 0 atom stereocenters. The topological polar surface area (TPSA) is 82.8 Å². The van der Waals surface area contributed by atoms with Gasteiger partial charge in [0.25, 0.3) is 5.56 Å². The van der Waals surface area contributed by atoms with Gasteiger partial charge in [0.05, 0.1) is 12.8 Å². The molecule has 8 heteroatoms. The van der Waals surface area contributed by atoms with Crippen LogP contribution in [0.15, 0.2) is 35.1 Å². The first-order valence-electron chi connectivity index (χ1n) is 8.26. The highest BCUT2D eigenvalue weighted by Crippen LogP contribution is 2.14. The lowest BCUT2D eigenvalue weighted by atomic mass is 10.1. The average molecular weight is 373 g/mol. The van der Waals surface area contributed by atoms with E-state index in [-0.39, 0.29) is 24.6 Å². The Morgan fingerprint density at radius 1 is 1.27 bits per heavy atom. The van der Waals surface area contributed by atoms with Crippen molar-refractivity contribution in [2.75, 3.05) is 7.11 Å². The summed E-state index contributed by atoms with van der Waals surface area (Å²) in [6.07, 6.45) is 1.57. The number of hydrogen-bond acceptors (Lipinski definition) is 7. The van der Waals surface area contributed by atoms with Gasteiger partial charge in [-0.3, -0.25) is 9.59 Å². The second-order valence-corrected chi connectivity index (χ2v) is 6.68. The predicted octanol–water partition coefficient (Wildman–Crippen LogP) is 2.40. The molecule has 26 heavy (non-hydrogen) atoms. The molecule has 0 unspecified atom stereocenters. The van der Waals surface area contributed by atoms with Gasteiger partial charge < -0.3 is 9.47 Å². The number of hydrogen-bond donors (Lipinski definition) is 0. The van der Waals surface area contributed by atoms with Gasteiger partial charge in [0.2, 0.25) is 4.96 Å². The minimum absolute atomic E-state index is 0.0213. The molecule has 136 valence electrons. The molecule has 0 amide bonds. The standard InChI is InChI=1S/C18H19N3O4S/c1-3-15-20-21-16(22)10-13(19-18(21)26-15)11-25-17(23)9-6-12-4-7-14(24-2)8-5-12/h4-5,7-8,10H,3,6,9,11H2,1-2H3. The highest BCUT2D eigenvalue weighted by Gasteiger charge is 2.10. The summed E-state index contributed by atoms with van der Waals surface area (Å²) in [7, 11) is 1.61. The van der Waals surface area contributed by atoms with Gasteiger partial charge in [0, 0.05) is 12.5 Å². The Kier molecular flexibility index (Phi) is 5.62. The summed E-state index contributed by atoms with van der Waals surface area (Å²) in [5.41, 5.74) is 1.19. The molecule has 0 aliphatic rings. The summed E-state index contributed by atoms with van der Waals surface area (Å²) in [4.78, 5) is 28.9. The number of aryl methyl sites for hydroxylation is 2. The fourth-order valence-electron chi connectivity index (χ4n) is 2.38. The second-order valence-electron chi connectivity index (χ2n) is 5.64. The maximum atomic E-state index is 12.1. The van der Waals surface area contributed by atoms with Crippen molar-refractivity contribution >= 4 is 22.3 Å². The molecule has 0 aliphatic carbocycles. The molecular formula is C18H19N3O4S. The summed E-state index contributed by atoms with van der Waals surface area (Å²) < 4.78 is 11.6. The van der Waals surface area contributed by atoms with Gasteiger partial charge in [-0.25, -0.2) is 4.98 Å². The molecule has 0 N–H and O–H groups in total. The third-order valence-electron chi connectivity index (χ3n) is 3.80. The molecule has 0 saturated carbocycles. The van der Waals surface area contributed by atoms with Crippen molar-refractivity contribution in [1.82, 2.24) is 14.6 Å². The molecule has 3 rings (SSSR count). The Labute approximate surface area is 154 Å². The van der Waals surface area contributed by atoms with Crippen LogP contribution >= 0.6 is 11.3 Å². The van der Waals surface area contributed by atoms with Crippen molar-refractivity contribution in [2.45, 2.75) is 32.8 Å². The van der Waals surface area contributed by atoms with E-state index in [9.17, 15) is 9.59 Å². The lowest BCUT2D eigenvalue weighted by molar-refractivity contribution is -0.145. The van der Waals surface area contributed by atoms with E-state index in [1.807, 2.05) is 31.2 Å². The van der Waals surface area contributed by atoms with Gasteiger partial charge in [-0.15, -0.1) is 0 Å². The maximum absolute atomic E-state index is 12.1. The average Bonchev–Trinajstić information content (AvgIpc) is 3.09. The molecule has 0 radical (unpaired) electrons. The quantitative estimate of drug-likeness (QED) is 0.592. The van der Waals surface area contributed by atoms with E-state index in [2.05, 4.69) is 10.1 Å². The van der Waals surface area contributed by atoms with Gasteiger partial charge in [-0.1, -0.05) is 30.4 Å². The minimum atomic E-state index is -0.332. The Morgan fingerprint density at radius 2 is 2.04 bits per heavy atom. The highest BCUT2D eigenvalue weighted by molar-refractivity contribution is 7.16. The Bertz CT molecular complexity index is 963. The summed E-state index contributed by atoms with van der Waals surface area (Å²) in [6.45, 7) is 1.95. The van der Waals surface area contributed by atoms with Crippen molar-refractivity contribution < 1.29 is 14.3 Å². The fraction of sp³-hybridized carbons (Fsp3) is 0.333. The predicted molar refractivity (Wildman–Crippen MR) is 97.6 cm³/mol. The molecule has 2 heterocycles. The maximum Gasteiger partial charge on any atom is 0.306 e. The Hall–Kier alpha value is -2.74. The smallest absolute Gasteiger partial charge is 0.306 e. The van der Waals surface area contributed by atoms with Crippen LogP contribution in [0.4, 0.5) is 0 Å². The molecule has 0 fully saturated rings. The highest BCUT2D eigenvalue weighted by atomic mass is 32.1. The van der Waals surface area contributed by atoms with Gasteiger partial charge in [-0.05, 0) is 30.5 Å². The summed E-state index contributed by atoms with van der Waals surface area (Å²) in [5.74, 6) is 0.444. The van der Waals surface area contributed by atoms with E-state index in [1.54, 1.807) is 7.11 Å². The van der Waals surface area contributed by atoms with Crippen LogP contribution in [0.1, 0.15) is 29.6 Å². The van der Waals surface area contributed by atoms with E-state index in [4.69, 9.17) is 9.47 Å². The zero-order chi connectivity index (χ0) is 18.5. The van der Waals surface area contributed by atoms with Gasteiger partial charge in [0.15, 0.2) is 0 Å². The first kappa shape index (κ1) is 18.1. The van der Waals surface area contributed by atoms with Gasteiger partial charge in [0.1, 0.15) is 17.4 Å². The van der Waals surface area contributed by atoms with Crippen molar-refractivity contribution in [3.63, 3.8) is 0 Å². The van der Waals surface area contributed by atoms with E-state index >= 15 is 0 Å². The molecule has 0 saturated heterocycles. The van der Waals surface area contributed by atoms with Crippen LogP contribution in [0.3, 0.4) is 0 Å². The Balaban J connectivity index is 1.56. The summed E-state index contributed by atoms with van der Waals surface area (Å²) in [6, 6.07) is 8.89. The monoisotopic (exact) mass is 373 g/mol. The van der Waals surface area contributed by atoms with Crippen LogP contribution in [-0.4, -0.2) is 27.7 Å². The number of ether oxygens (including phenoxy) is 2. The molecular weight excluding hydrogens is 354 g/mol. The Morgan fingerprint density at radius 3 is 2.73 bits per heavy atom. The number of fused-ring (bicyclic) bond motifs is 1. The van der Waals surface area contributed by atoms with Crippen molar-refractivity contribution in [1.29, 1.82) is 0 Å². The first-order valence-corrected chi connectivity index (χ1v) is 9.08. The van der Waals surface area contributed by atoms with Crippen molar-refractivity contribution in [3.8, 4) is 5.75 Å². The van der Waals surface area contributed by atoms with Crippen LogP contribution in [0.25, 0.3) is 4.96 Å². The number of carbonyl (C=O) groups is 1. The zero-order valence-corrected chi connectivity index (χ0v) is 15.4. The zero-order valence-electron chi connectivity index (χ0n) is 14.6. The van der Waals surface area contributed by atoms with E-state index < -0.39 is 0 Å². The number of methoxy groups -OCH3 is 1. The van der Waals surface area contributed by atoms with Crippen LogP contribution in [0.2, 0.25) is 0 Å². The first-order chi connectivity index (χ1) is 12.6. The number of benzene rings is 1. The fourth-order valence-corrected chi connectivity index (χ4v) is 3.24. The van der Waals surface area contributed by atoms with Crippen molar-refractivity contribution in [3.05, 3.63) is 57.0 Å². The lowest BCUT2D eigenvalue weighted by Crippen LogP contribution is -2.16. The van der Waals surface area contributed by atoms with Crippen molar-refractivity contribution in [2.24, 2.45) is 0 Å². The van der Waals surface area contributed by atoms with Gasteiger partial charge in [-0.2, -0.15) is 9.61 Å².